The van der Waals surface area contributed by atoms with Crippen molar-refractivity contribution in [2.45, 2.75) is 32.8 Å². The Morgan fingerprint density at radius 2 is 2.19 bits per heavy atom. The number of carbonyl (C=O) groups excluding carboxylic acids is 1. The van der Waals surface area contributed by atoms with Crippen LogP contribution in [-0.2, 0) is 4.74 Å². The SMILES string of the molecule is CC(C)(C)OC(=O)NCCCNc1ncc(N)cc1C#N. The predicted molar refractivity (Wildman–Crippen MR) is 80.7 cm³/mol. The van der Waals surface area contributed by atoms with Gasteiger partial charge in [0.2, 0.25) is 0 Å². The maximum atomic E-state index is 11.4. The van der Waals surface area contributed by atoms with E-state index >= 15 is 0 Å². The van der Waals surface area contributed by atoms with Gasteiger partial charge in [0.25, 0.3) is 0 Å². The molecular formula is C14H21N5O2. The van der Waals surface area contributed by atoms with E-state index in [0.717, 1.165) is 0 Å². The van der Waals surface area contributed by atoms with Crippen LogP contribution in [0.1, 0.15) is 32.8 Å². The molecule has 0 bridgehead atoms. The average Bonchev–Trinajstić information content (AvgIpc) is 2.37. The highest BCUT2D eigenvalue weighted by atomic mass is 16.6. The number of pyridine rings is 1. The minimum Gasteiger partial charge on any atom is -0.444 e. The minimum atomic E-state index is -0.502. The number of ether oxygens (including phenoxy) is 1. The van der Waals surface area contributed by atoms with Crippen LogP contribution in [0, 0.1) is 11.3 Å². The molecule has 1 amide bonds. The molecule has 0 aliphatic rings. The number of amides is 1. The first kappa shape index (κ1) is 16.6. The lowest BCUT2D eigenvalue weighted by molar-refractivity contribution is 0.0528. The number of carbonyl (C=O) groups is 1. The summed E-state index contributed by atoms with van der Waals surface area (Å²) in [7, 11) is 0. The third-order valence-corrected chi connectivity index (χ3v) is 2.34. The van der Waals surface area contributed by atoms with E-state index in [1.54, 1.807) is 6.07 Å². The van der Waals surface area contributed by atoms with Crippen molar-refractivity contribution in [2.75, 3.05) is 24.1 Å². The van der Waals surface area contributed by atoms with E-state index in [0.29, 0.717) is 36.6 Å². The fraction of sp³-hybridized carbons (Fsp3) is 0.500. The highest BCUT2D eigenvalue weighted by Crippen LogP contribution is 2.13. The Morgan fingerprint density at radius 1 is 1.48 bits per heavy atom. The molecule has 0 unspecified atom stereocenters. The van der Waals surface area contributed by atoms with E-state index in [1.807, 2.05) is 26.8 Å². The molecule has 1 aromatic heterocycles. The van der Waals surface area contributed by atoms with Crippen molar-refractivity contribution in [3.8, 4) is 6.07 Å². The van der Waals surface area contributed by atoms with Crippen LogP contribution in [0.5, 0.6) is 0 Å². The highest BCUT2D eigenvalue weighted by molar-refractivity contribution is 5.67. The van der Waals surface area contributed by atoms with E-state index in [-0.39, 0.29) is 0 Å². The molecule has 114 valence electrons. The molecule has 0 aliphatic carbocycles. The van der Waals surface area contributed by atoms with Crippen LogP contribution in [0.2, 0.25) is 0 Å². The zero-order valence-corrected chi connectivity index (χ0v) is 12.6. The number of nitrogen functional groups attached to an aromatic ring is 1. The number of aromatic nitrogens is 1. The standard InChI is InChI=1S/C14H21N5O2/c1-14(2,3)21-13(20)18-6-4-5-17-12-10(8-15)7-11(16)9-19-12/h7,9H,4-6,16H2,1-3H3,(H,17,19)(H,18,20). The summed E-state index contributed by atoms with van der Waals surface area (Å²) in [6.07, 6.45) is 1.73. The van der Waals surface area contributed by atoms with E-state index in [2.05, 4.69) is 15.6 Å². The van der Waals surface area contributed by atoms with Gasteiger partial charge in [-0.15, -0.1) is 0 Å². The van der Waals surface area contributed by atoms with Crippen LogP contribution < -0.4 is 16.4 Å². The second kappa shape index (κ2) is 7.33. The summed E-state index contributed by atoms with van der Waals surface area (Å²) in [5.74, 6) is 0.490. The number of nitrogens with zero attached hydrogens (tertiary/aromatic N) is 2. The molecule has 7 heteroatoms. The minimum absolute atomic E-state index is 0.398. The lowest BCUT2D eigenvalue weighted by Gasteiger charge is -2.19. The molecule has 0 saturated heterocycles. The Hall–Kier alpha value is -2.49. The number of hydrogen-bond acceptors (Lipinski definition) is 6. The largest absolute Gasteiger partial charge is 0.444 e. The van der Waals surface area contributed by atoms with Crippen LogP contribution in [0.15, 0.2) is 12.3 Å². The molecule has 1 heterocycles. The molecule has 1 rings (SSSR count). The number of hydrogen-bond donors (Lipinski definition) is 3. The van der Waals surface area contributed by atoms with Gasteiger partial charge in [-0.1, -0.05) is 0 Å². The van der Waals surface area contributed by atoms with Crippen LogP contribution in [0.3, 0.4) is 0 Å². The smallest absolute Gasteiger partial charge is 0.407 e. The highest BCUT2D eigenvalue weighted by Gasteiger charge is 2.15. The van der Waals surface area contributed by atoms with Crippen LogP contribution in [0.25, 0.3) is 0 Å². The quantitative estimate of drug-likeness (QED) is 0.714. The van der Waals surface area contributed by atoms with Gasteiger partial charge < -0.3 is 21.1 Å². The van der Waals surface area contributed by atoms with Gasteiger partial charge in [-0.05, 0) is 33.3 Å². The van der Waals surface area contributed by atoms with E-state index in [9.17, 15) is 4.79 Å². The van der Waals surface area contributed by atoms with Crippen molar-refractivity contribution < 1.29 is 9.53 Å². The van der Waals surface area contributed by atoms with E-state index in [4.69, 9.17) is 15.7 Å². The third kappa shape index (κ3) is 6.47. The lowest BCUT2D eigenvalue weighted by Crippen LogP contribution is -2.33. The van der Waals surface area contributed by atoms with Crippen molar-refractivity contribution in [3.05, 3.63) is 17.8 Å². The summed E-state index contributed by atoms with van der Waals surface area (Å²) < 4.78 is 5.11. The molecule has 0 spiro atoms. The summed E-state index contributed by atoms with van der Waals surface area (Å²) in [6, 6.07) is 3.59. The van der Waals surface area contributed by atoms with Gasteiger partial charge in [-0.2, -0.15) is 5.26 Å². The lowest BCUT2D eigenvalue weighted by atomic mass is 10.2. The topological polar surface area (TPSA) is 113 Å². The van der Waals surface area contributed by atoms with Gasteiger partial charge >= 0.3 is 6.09 Å². The number of nitrogens with two attached hydrogens (primary N) is 1. The fourth-order valence-electron chi connectivity index (χ4n) is 1.51. The van der Waals surface area contributed by atoms with Crippen molar-refractivity contribution in [1.29, 1.82) is 5.26 Å². The fourth-order valence-corrected chi connectivity index (χ4v) is 1.51. The Balaban J connectivity index is 2.29. The summed E-state index contributed by atoms with van der Waals surface area (Å²) in [5, 5.41) is 14.7. The Labute approximate surface area is 124 Å². The summed E-state index contributed by atoms with van der Waals surface area (Å²) in [6.45, 7) is 6.47. The molecule has 7 nitrogen and oxygen atoms in total. The summed E-state index contributed by atoms with van der Waals surface area (Å²) in [4.78, 5) is 15.5. The second-order valence-electron chi connectivity index (χ2n) is 5.49. The van der Waals surface area contributed by atoms with Crippen LogP contribution in [-0.4, -0.2) is 29.8 Å². The number of rotatable bonds is 5. The first-order valence-electron chi connectivity index (χ1n) is 6.68. The monoisotopic (exact) mass is 291 g/mol. The van der Waals surface area contributed by atoms with E-state index in [1.165, 1.54) is 6.20 Å². The number of anilines is 2. The first-order chi connectivity index (χ1) is 9.81. The maximum absolute atomic E-state index is 11.4. The molecule has 0 aliphatic heterocycles. The predicted octanol–water partition coefficient (Wildman–Crippen LogP) is 1.86. The Kier molecular flexibility index (Phi) is 5.79. The zero-order chi connectivity index (χ0) is 15.9. The van der Waals surface area contributed by atoms with Crippen molar-refractivity contribution in [2.24, 2.45) is 0 Å². The van der Waals surface area contributed by atoms with Gasteiger partial charge in [0, 0.05) is 13.1 Å². The molecule has 0 fully saturated rings. The van der Waals surface area contributed by atoms with Crippen molar-refractivity contribution in [1.82, 2.24) is 10.3 Å². The molecule has 0 saturated carbocycles. The van der Waals surface area contributed by atoms with Gasteiger partial charge in [0.15, 0.2) is 0 Å². The molecule has 0 aromatic carbocycles. The number of alkyl carbamates (subject to hydrolysis) is 1. The third-order valence-electron chi connectivity index (χ3n) is 2.34. The Morgan fingerprint density at radius 3 is 2.81 bits per heavy atom. The second-order valence-corrected chi connectivity index (χ2v) is 5.49. The normalized spacial score (nSPS) is 10.6. The molecule has 1 aromatic rings. The van der Waals surface area contributed by atoms with Crippen molar-refractivity contribution >= 4 is 17.6 Å². The Bertz CT molecular complexity index is 531. The zero-order valence-electron chi connectivity index (χ0n) is 12.6. The summed E-state index contributed by atoms with van der Waals surface area (Å²) in [5.41, 5.74) is 5.90. The molecular weight excluding hydrogens is 270 g/mol. The number of nitriles is 1. The van der Waals surface area contributed by atoms with Crippen molar-refractivity contribution in [3.63, 3.8) is 0 Å². The molecule has 0 atom stereocenters. The average molecular weight is 291 g/mol. The maximum Gasteiger partial charge on any atom is 0.407 e. The van der Waals surface area contributed by atoms with Gasteiger partial charge in [0.1, 0.15) is 17.5 Å². The van der Waals surface area contributed by atoms with Gasteiger partial charge in [-0.25, -0.2) is 9.78 Å². The van der Waals surface area contributed by atoms with Gasteiger partial charge in [-0.3, -0.25) is 0 Å². The van der Waals surface area contributed by atoms with Crippen LogP contribution >= 0.6 is 0 Å². The molecule has 21 heavy (non-hydrogen) atoms. The van der Waals surface area contributed by atoms with Gasteiger partial charge in [0.05, 0.1) is 17.4 Å². The van der Waals surface area contributed by atoms with E-state index < -0.39 is 11.7 Å². The molecule has 0 radical (unpaired) electrons. The molecule has 4 N–H and O–H groups in total. The summed E-state index contributed by atoms with van der Waals surface area (Å²) >= 11 is 0. The number of nitrogens with one attached hydrogen (secondary N) is 2. The van der Waals surface area contributed by atoms with Crippen LogP contribution in [0.4, 0.5) is 16.3 Å². The first-order valence-corrected chi connectivity index (χ1v) is 6.68.